The molecule has 6 nitrogen and oxygen atoms in total. The van der Waals surface area contributed by atoms with Crippen molar-refractivity contribution >= 4 is 11.9 Å². The number of ether oxygens (including phenoxy) is 3. The second-order valence-electron chi connectivity index (χ2n) is 3.34. The topological polar surface area (TPSA) is 87.9 Å². The molecule has 0 heterocycles. The molecule has 0 saturated carbocycles. The number of hydrogen-bond acceptors (Lipinski definition) is 5. The fraction of sp³-hybridized carbons (Fsp3) is 0.333. The van der Waals surface area contributed by atoms with Crippen molar-refractivity contribution in [1.29, 1.82) is 0 Å². The van der Waals surface area contributed by atoms with Crippen molar-refractivity contribution in [3.8, 4) is 11.5 Å². The first-order chi connectivity index (χ1) is 8.58. The molecule has 0 aliphatic carbocycles. The summed E-state index contributed by atoms with van der Waals surface area (Å²) in [6.07, 6.45) is 0. The van der Waals surface area contributed by atoms with Gasteiger partial charge < -0.3 is 19.9 Å². The molecule has 0 aromatic heterocycles. The van der Waals surface area contributed by atoms with Crippen molar-refractivity contribution in [2.45, 2.75) is 6.92 Å². The van der Waals surface area contributed by atoms with Gasteiger partial charge in [0, 0.05) is 0 Å². The van der Waals surface area contributed by atoms with E-state index in [1.807, 2.05) is 6.92 Å². The normalized spacial score (nSPS) is 9.67. The van der Waals surface area contributed by atoms with Crippen LogP contribution >= 0.6 is 0 Å². The van der Waals surface area contributed by atoms with Crippen LogP contribution in [0, 0.1) is 0 Å². The number of amides is 1. The molecule has 6 heteroatoms. The van der Waals surface area contributed by atoms with Crippen molar-refractivity contribution in [1.82, 2.24) is 0 Å². The van der Waals surface area contributed by atoms with Crippen molar-refractivity contribution in [2.75, 3.05) is 20.3 Å². The maximum Gasteiger partial charge on any atom is 0.338 e. The fourth-order valence-corrected chi connectivity index (χ4v) is 1.29. The van der Waals surface area contributed by atoms with E-state index in [1.54, 1.807) is 6.07 Å². The Morgan fingerprint density at radius 3 is 2.56 bits per heavy atom. The molecule has 0 atom stereocenters. The Hall–Kier alpha value is -2.24. The van der Waals surface area contributed by atoms with Gasteiger partial charge in [0.25, 0.3) is 5.91 Å². The van der Waals surface area contributed by atoms with E-state index in [4.69, 9.17) is 15.2 Å². The molecule has 0 saturated heterocycles. The number of hydrogen-bond donors (Lipinski definition) is 1. The number of esters is 1. The highest BCUT2D eigenvalue weighted by Crippen LogP contribution is 2.28. The smallest absolute Gasteiger partial charge is 0.338 e. The molecule has 1 rings (SSSR count). The molecule has 98 valence electrons. The van der Waals surface area contributed by atoms with Gasteiger partial charge in [0.2, 0.25) is 0 Å². The lowest BCUT2D eigenvalue weighted by Crippen LogP contribution is -2.20. The van der Waals surface area contributed by atoms with Crippen LogP contribution in [0.1, 0.15) is 17.3 Å². The molecule has 0 bridgehead atoms. The van der Waals surface area contributed by atoms with Crippen molar-refractivity contribution in [2.24, 2.45) is 5.73 Å². The summed E-state index contributed by atoms with van der Waals surface area (Å²) in [7, 11) is 1.50. The summed E-state index contributed by atoms with van der Waals surface area (Å²) in [5.74, 6) is -0.392. The third-order valence-electron chi connectivity index (χ3n) is 2.04. The predicted octanol–water partition coefficient (Wildman–Crippen LogP) is 0.736. The molecule has 0 unspecified atom stereocenters. The van der Waals surface area contributed by atoms with E-state index in [0.717, 1.165) is 0 Å². The Bertz CT molecular complexity index is 444. The molecule has 2 N–H and O–H groups in total. The molecule has 0 aliphatic heterocycles. The molecule has 1 aromatic carbocycles. The van der Waals surface area contributed by atoms with E-state index in [0.29, 0.717) is 18.1 Å². The van der Waals surface area contributed by atoms with E-state index in [2.05, 4.69) is 4.74 Å². The first-order valence-electron chi connectivity index (χ1n) is 5.34. The molecule has 1 amide bonds. The summed E-state index contributed by atoms with van der Waals surface area (Å²) in [6, 6.07) is 4.60. The minimum absolute atomic E-state index is 0.264. The predicted molar refractivity (Wildman–Crippen MR) is 63.6 cm³/mol. The van der Waals surface area contributed by atoms with Crippen LogP contribution in [0.4, 0.5) is 0 Å². The summed E-state index contributed by atoms with van der Waals surface area (Å²) in [4.78, 5) is 22.1. The Morgan fingerprint density at radius 1 is 1.28 bits per heavy atom. The summed E-state index contributed by atoms with van der Waals surface area (Å²) in [5, 5.41) is 0. The van der Waals surface area contributed by atoms with Gasteiger partial charge in [0.05, 0.1) is 19.3 Å². The van der Waals surface area contributed by atoms with Crippen LogP contribution in [0.25, 0.3) is 0 Å². The van der Waals surface area contributed by atoms with Gasteiger partial charge in [-0.15, -0.1) is 0 Å². The molecule has 0 radical (unpaired) electrons. The Morgan fingerprint density at radius 2 is 2.00 bits per heavy atom. The Labute approximate surface area is 105 Å². The summed E-state index contributed by atoms with van der Waals surface area (Å²) < 4.78 is 15.1. The molecular weight excluding hydrogens is 238 g/mol. The van der Waals surface area contributed by atoms with Gasteiger partial charge in [0.15, 0.2) is 18.1 Å². The van der Waals surface area contributed by atoms with Crippen molar-refractivity contribution in [3.05, 3.63) is 23.8 Å². The van der Waals surface area contributed by atoms with Gasteiger partial charge in [-0.05, 0) is 25.1 Å². The van der Waals surface area contributed by atoms with E-state index in [1.165, 1.54) is 19.2 Å². The first kappa shape index (κ1) is 13.8. The van der Waals surface area contributed by atoms with Crippen molar-refractivity contribution < 1.29 is 23.8 Å². The minimum atomic E-state index is -0.707. The van der Waals surface area contributed by atoms with Crippen molar-refractivity contribution in [3.63, 3.8) is 0 Å². The van der Waals surface area contributed by atoms with Gasteiger partial charge in [-0.3, -0.25) is 4.79 Å². The van der Waals surface area contributed by atoms with Gasteiger partial charge in [-0.1, -0.05) is 0 Å². The fourth-order valence-electron chi connectivity index (χ4n) is 1.29. The Kier molecular flexibility index (Phi) is 4.98. The van der Waals surface area contributed by atoms with E-state index < -0.39 is 18.5 Å². The SMILES string of the molecule is CCOc1cc(C(=O)OCC(N)=O)ccc1OC. The first-order valence-corrected chi connectivity index (χ1v) is 5.34. The molecule has 0 fully saturated rings. The number of methoxy groups -OCH3 is 1. The number of nitrogens with two attached hydrogens (primary N) is 1. The molecule has 0 spiro atoms. The lowest BCUT2D eigenvalue weighted by atomic mass is 10.2. The quantitative estimate of drug-likeness (QED) is 0.755. The van der Waals surface area contributed by atoms with Gasteiger partial charge in [-0.25, -0.2) is 4.79 Å². The lowest BCUT2D eigenvalue weighted by molar-refractivity contribution is -0.121. The maximum atomic E-state index is 11.6. The van der Waals surface area contributed by atoms with Gasteiger partial charge in [0.1, 0.15) is 0 Å². The second kappa shape index (κ2) is 6.48. The largest absolute Gasteiger partial charge is 0.493 e. The lowest BCUT2D eigenvalue weighted by Gasteiger charge is -2.10. The van der Waals surface area contributed by atoms with Crippen LogP contribution in [0.3, 0.4) is 0 Å². The van der Waals surface area contributed by atoms with E-state index in [9.17, 15) is 9.59 Å². The van der Waals surface area contributed by atoms with Gasteiger partial charge in [-0.2, -0.15) is 0 Å². The average molecular weight is 253 g/mol. The van der Waals surface area contributed by atoms with Crippen LogP contribution in [0.2, 0.25) is 0 Å². The summed E-state index contributed by atoms with van der Waals surface area (Å²) >= 11 is 0. The van der Waals surface area contributed by atoms with Gasteiger partial charge >= 0.3 is 5.97 Å². The van der Waals surface area contributed by atoms with E-state index >= 15 is 0 Å². The zero-order chi connectivity index (χ0) is 13.5. The van der Waals surface area contributed by atoms with Crippen LogP contribution in [0.5, 0.6) is 11.5 Å². The molecule has 1 aromatic rings. The number of benzene rings is 1. The number of rotatable bonds is 6. The molecule has 18 heavy (non-hydrogen) atoms. The minimum Gasteiger partial charge on any atom is -0.493 e. The maximum absolute atomic E-state index is 11.6. The molecule has 0 aliphatic rings. The monoisotopic (exact) mass is 253 g/mol. The van der Waals surface area contributed by atoms with Crippen LogP contribution in [-0.4, -0.2) is 32.2 Å². The standard InChI is InChI=1S/C12H15NO5/c1-3-17-10-6-8(4-5-9(10)16-2)12(15)18-7-11(13)14/h4-6H,3,7H2,1-2H3,(H2,13,14). The van der Waals surface area contributed by atoms with Crippen LogP contribution in [-0.2, 0) is 9.53 Å². The van der Waals surface area contributed by atoms with Crippen LogP contribution in [0.15, 0.2) is 18.2 Å². The average Bonchev–Trinajstić information content (AvgIpc) is 2.36. The summed E-state index contributed by atoms with van der Waals surface area (Å²) in [5.41, 5.74) is 5.15. The van der Waals surface area contributed by atoms with E-state index in [-0.39, 0.29) is 5.56 Å². The zero-order valence-corrected chi connectivity index (χ0v) is 10.3. The highest BCUT2D eigenvalue weighted by molar-refractivity contribution is 5.91. The number of carbonyl (C=O) groups is 2. The molecular formula is C12H15NO5. The summed E-state index contributed by atoms with van der Waals surface area (Å²) in [6.45, 7) is 1.81. The third kappa shape index (κ3) is 3.65. The highest BCUT2D eigenvalue weighted by Gasteiger charge is 2.12. The van der Waals surface area contributed by atoms with Crippen LogP contribution < -0.4 is 15.2 Å². The second-order valence-corrected chi connectivity index (χ2v) is 3.34. The highest BCUT2D eigenvalue weighted by atomic mass is 16.5. The number of primary amides is 1. The Balaban J connectivity index is 2.86. The zero-order valence-electron chi connectivity index (χ0n) is 10.3. The number of carbonyl (C=O) groups excluding carboxylic acids is 2. The third-order valence-corrected chi connectivity index (χ3v) is 2.04.